The minimum absolute atomic E-state index is 0.252. The predicted octanol–water partition coefficient (Wildman–Crippen LogP) is 1.48. The number of rotatable bonds is 2. The van der Waals surface area contributed by atoms with Crippen LogP contribution in [0.4, 0.5) is 5.95 Å². The quantitative estimate of drug-likeness (QED) is 0.891. The Morgan fingerprint density at radius 2 is 2.00 bits per heavy atom. The van der Waals surface area contributed by atoms with Gasteiger partial charge >= 0.3 is 0 Å². The Hall–Kier alpha value is -0.890. The second kappa shape index (κ2) is 4.17. The summed E-state index contributed by atoms with van der Waals surface area (Å²) in [6, 6.07) is 0. The Balaban J connectivity index is 2.37. The van der Waals surface area contributed by atoms with Gasteiger partial charge in [0.05, 0.1) is 22.4 Å². The Labute approximate surface area is 109 Å². The molecule has 2 heterocycles. The second-order valence-electron chi connectivity index (χ2n) is 3.37. The summed E-state index contributed by atoms with van der Waals surface area (Å²) in [6.45, 7) is 2.50. The van der Waals surface area contributed by atoms with Gasteiger partial charge in [-0.25, -0.2) is 4.68 Å². The molecule has 86 valence electrons. The Morgan fingerprint density at radius 1 is 1.31 bits per heavy atom. The van der Waals surface area contributed by atoms with E-state index in [1.54, 1.807) is 4.68 Å². The van der Waals surface area contributed by atoms with Crippen LogP contribution in [-0.2, 0) is 13.6 Å². The third kappa shape index (κ3) is 1.99. The van der Waals surface area contributed by atoms with Crippen molar-refractivity contribution in [1.82, 2.24) is 24.5 Å². The first-order valence-corrected chi connectivity index (χ1v) is 6.11. The third-order valence-electron chi connectivity index (χ3n) is 2.20. The molecule has 0 saturated heterocycles. The van der Waals surface area contributed by atoms with Gasteiger partial charge in [-0.15, -0.1) is 5.10 Å². The average Bonchev–Trinajstić information content (AvgIpc) is 2.62. The van der Waals surface area contributed by atoms with Crippen molar-refractivity contribution in [2.45, 2.75) is 13.5 Å². The van der Waals surface area contributed by atoms with E-state index in [4.69, 9.17) is 5.73 Å². The second-order valence-corrected chi connectivity index (χ2v) is 4.87. The van der Waals surface area contributed by atoms with Gasteiger partial charge in [0.15, 0.2) is 4.73 Å². The lowest BCUT2D eigenvalue weighted by Gasteiger charge is -2.03. The maximum absolute atomic E-state index is 5.51. The van der Waals surface area contributed by atoms with Crippen molar-refractivity contribution in [2.24, 2.45) is 7.05 Å². The van der Waals surface area contributed by atoms with E-state index in [2.05, 4.69) is 47.0 Å². The van der Waals surface area contributed by atoms with Crippen LogP contribution in [0, 0.1) is 6.92 Å². The van der Waals surface area contributed by atoms with Gasteiger partial charge in [0.1, 0.15) is 0 Å². The van der Waals surface area contributed by atoms with Crippen molar-refractivity contribution in [2.75, 3.05) is 5.73 Å². The van der Waals surface area contributed by atoms with Gasteiger partial charge in [-0.05, 0) is 38.8 Å². The summed E-state index contributed by atoms with van der Waals surface area (Å²) in [5.41, 5.74) is 7.47. The molecule has 2 N–H and O–H groups in total. The standard InChI is InChI=1S/C8H10Br2N6/c1-4-6(9)5(15(2)13-4)3-16-7(10)12-8(11)14-16/h3H2,1-2H3,(H2,11,14). The summed E-state index contributed by atoms with van der Waals surface area (Å²) >= 11 is 6.79. The molecule has 0 aliphatic rings. The summed E-state index contributed by atoms with van der Waals surface area (Å²) in [7, 11) is 1.89. The first kappa shape index (κ1) is 11.6. The predicted molar refractivity (Wildman–Crippen MR) is 66.9 cm³/mol. The summed E-state index contributed by atoms with van der Waals surface area (Å²) in [5, 5.41) is 8.38. The van der Waals surface area contributed by atoms with E-state index in [0.29, 0.717) is 11.3 Å². The van der Waals surface area contributed by atoms with Crippen LogP contribution in [0.1, 0.15) is 11.4 Å². The van der Waals surface area contributed by atoms with E-state index in [1.165, 1.54) is 0 Å². The van der Waals surface area contributed by atoms with Crippen molar-refractivity contribution in [3.8, 4) is 0 Å². The first-order valence-electron chi connectivity index (χ1n) is 4.53. The first-order chi connectivity index (χ1) is 7.49. The van der Waals surface area contributed by atoms with E-state index in [-0.39, 0.29) is 5.95 Å². The highest BCUT2D eigenvalue weighted by Gasteiger charge is 2.13. The van der Waals surface area contributed by atoms with Gasteiger partial charge in [-0.3, -0.25) is 4.68 Å². The lowest BCUT2D eigenvalue weighted by atomic mass is 10.4. The van der Waals surface area contributed by atoms with Crippen LogP contribution >= 0.6 is 31.9 Å². The van der Waals surface area contributed by atoms with Gasteiger partial charge in [-0.1, -0.05) is 0 Å². The minimum atomic E-state index is 0.252. The van der Waals surface area contributed by atoms with Crippen LogP contribution < -0.4 is 5.73 Å². The molecule has 2 rings (SSSR count). The number of hydrogen-bond acceptors (Lipinski definition) is 4. The number of nitrogens with zero attached hydrogens (tertiary/aromatic N) is 5. The maximum atomic E-state index is 5.51. The molecule has 0 radical (unpaired) electrons. The molecule has 0 unspecified atom stereocenters. The highest BCUT2D eigenvalue weighted by Crippen LogP contribution is 2.22. The normalized spacial score (nSPS) is 11.0. The number of nitrogen functional groups attached to an aromatic ring is 1. The van der Waals surface area contributed by atoms with Gasteiger partial charge in [0, 0.05) is 7.05 Å². The average molecular weight is 350 g/mol. The number of anilines is 1. The summed E-state index contributed by atoms with van der Waals surface area (Å²) in [5.74, 6) is 0.252. The van der Waals surface area contributed by atoms with Crippen molar-refractivity contribution in [3.63, 3.8) is 0 Å². The molecule has 0 aliphatic heterocycles. The minimum Gasteiger partial charge on any atom is -0.366 e. The Bertz CT molecular complexity index is 529. The molecule has 0 aromatic carbocycles. The lowest BCUT2D eigenvalue weighted by molar-refractivity contribution is 0.607. The summed E-state index contributed by atoms with van der Waals surface area (Å²) in [6.07, 6.45) is 0. The van der Waals surface area contributed by atoms with E-state index in [9.17, 15) is 0 Å². The molecule has 0 bridgehead atoms. The van der Waals surface area contributed by atoms with Crippen molar-refractivity contribution in [1.29, 1.82) is 0 Å². The highest BCUT2D eigenvalue weighted by atomic mass is 79.9. The van der Waals surface area contributed by atoms with Crippen molar-refractivity contribution < 1.29 is 0 Å². The van der Waals surface area contributed by atoms with Crippen LogP contribution in [0.2, 0.25) is 0 Å². The fourth-order valence-electron chi connectivity index (χ4n) is 1.43. The molecule has 2 aromatic heterocycles. The Kier molecular flexibility index (Phi) is 3.02. The van der Waals surface area contributed by atoms with Crippen LogP contribution in [0.25, 0.3) is 0 Å². The number of aryl methyl sites for hydroxylation is 2. The molecule has 0 amide bonds. The van der Waals surface area contributed by atoms with E-state index in [0.717, 1.165) is 15.9 Å². The molecule has 8 heteroatoms. The van der Waals surface area contributed by atoms with Gasteiger partial charge in [0.2, 0.25) is 5.95 Å². The largest absolute Gasteiger partial charge is 0.366 e. The molecule has 0 fully saturated rings. The van der Waals surface area contributed by atoms with Crippen molar-refractivity contribution >= 4 is 37.8 Å². The molecule has 6 nitrogen and oxygen atoms in total. The fourth-order valence-corrected chi connectivity index (χ4v) is 2.28. The smallest absolute Gasteiger partial charge is 0.240 e. The van der Waals surface area contributed by atoms with Gasteiger partial charge in [0.25, 0.3) is 0 Å². The molecule has 0 aliphatic carbocycles. The molecule has 16 heavy (non-hydrogen) atoms. The zero-order valence-corrected chi connectivity index (χ0v) is 11.9. The summed E-state index contributed by atoms with van der Waals surface area (Å²) in [4.78, 5) is 3.97. The number of halogens is 2. The molecule has 0 spiro atoms. The Morgan fingerprint density at radius 3 is 2.44 bits per heavy atom. The zero-order valence-electron chi connectivity index (χ0n) is 8.78. The number of nitrogens with two attached hydrogens (primary N) is 1. The van der Waals surface area contributed by atoms with Gasteiger partial charge < -0.3 is 5.73 Å². The van der Waals surface area contributed by atoms with E-state index in [1.807, 2.05) is 18.7 Å². The highest BCUT2D eigenvalue weighted by molar-refractivity contribution is 9.10. The van der Waals surface area contributed by atoms with Crippen LogP contribution in [0.3, 0.4) is 0 Å². The number of aromatic nitrogens is 5. The molecule has 2 aromatic rings. The maximum Gasteiger partial charge on any atom is 0.240 e. The number of hydrogen-bond donors (Lipinski definition) is 1. The van der Waals surface area contributed by atoms with Crippen LogP contribution in [0.15, 0.2) is 9.21 Å². The lowest BCUT2D eigenvalue weighted by Crippen LogP contribution is -2.08. The van der Waals surface area contributed by atoms with E-state index >= 15 is 0 Å². The van der Waals surface area contributed by atoms with Crippen LogP contribution in [0.5, 0.6) is 0 Å². The van der Waals surface area contributed by atoms with Crippen molar-refractivity contribution in [3.05, 3.63) is 20.6 Å². The molecule has 0 saturated carbocycles. The summed E-state index contributed by atoms with van der Waals surface area (Å²) < 4.78 is 5.08. The molecular weight excluding hydrogens is 340 g/mol. The zero-order chi connectivity index (χ0) is 11.9. The monoisotopic (exact) mass is 348 g/mol. The molecule has 0 atom stereocenters. The topological polar surface area (TPSA) is 74.5 Å². The van der Waals surface area contributed by atoms with Crippen LogP contribution in [-0.4, -0.2) is 24.5 Å². The molecular formula is C8H10Br2N6. The third-order valence-corrected chi connectivity index (χ3v) is 3.82. The van der Waals surface area contributed by atoms with Gasteiger partial charge in [-0.2, -0.15) is 10.1 Å². The van der Waals surface area contributed by atoms with E-state index < -0.39 is 0 Å². The SMILES string of the molecule is Cc1nn(C)c(Cn2nc(N)nc2Br)c1Br. The fraction of sp³-hybridized carbons (Fsp3) is 0.375.